The molecule has 1 fully saturated rings. The van der Waals surface area contributed by atoms with Gasteiger partial charge in [-0.1, -0.05) is 105 Å². The van der Waals surface area contributed by atoms with Crippen molar-refractivity contribution in [2.45, 2.75) is 51.3 Å². The standard InChI is InChI=1S/C32H33N3O4/c36-28(24-15-7-1-2-8-16-24)21-35-27-20-12-11-19-26(27)29(25-17-9-4-10-18-25)33-30(31(35)37)34-32(38)39-22-23-13-5-3-6-14-23/h3-6,9-14,17-20,24,30H,1-2,7-8,15-16,21-22H2,(H,34,38). The minimum atomic E-state index is -1.25. The molecular formula is C32H33N3O4. The number of fused-ring (bicyclic) bond motifs is 1. The first-order chi connectivity index (χ1) is 19.1. The fourth-order valence-corrected chi connectivity index (χ4v) is 5.28. The number of hydrogen-bond donors (Lipinski definition) is 1. The Kier molecular flexibility index (Phi) is 8.46. The van der Waals surface area contributed by atoms with Crippen molar-refractivity contribution >= 4 is 29.2 Å². The predicted octanol–water partition coefficient (Wildman–Crippen LogP) is 5.66. The van der Waals surface area contributed by atoms with Crippen LogP contribution in [0.3, 0.4) is 0 Å². The first-order valence-electron chi connectivity index (χ1n) is 13.6. The zero-order chi connectivity index (χ0) is 27.0. The van der Waals surface area contributed by atoms with Crippen LogP contribution in [0.5, 0.6) is 0 Å². The predicted molar refractivity (Wildman–Crippen MR) is 151 cm³/mol. The van der Waals surface area contributed by atoms with Crippen LogP contribution in [-0.4, -0.2) is 36.2 Å². The Bertz CT molecular complexity index is 1330. The van der Waals surface area contributed by atoms with Crippen LogP contribution in [0.4, 0.5) is 10.5 Å². The number of rotatable bonds is 7. The van der Waals surface area contributed by atoms with Gasteiger partial charge in [0.25, 0.3) is 5.91 Å². The van der Waals surface area contributed by atoms with Crippen molar-refractivity contribution in [2.24, 2.45) is 10.9 Å². The lowest BCUT2D eigenvalue weighted by atomic mass is 9.94. The van der Waals surface area contributed by atoms with Gasteiger partial charge in [-0.3, -0.25) is 14.9 Å². The summed E-state index contributed by atoms with van der Waals surface area (Å²) in [4.78, 5) is 46.5. The Morgan fingerprint density at radius 1 is 0.846 bits per heavy atom. The van der Waals surface area contributed by atoms with Gasteiger partial charge in [-0.15, -0.1) is 0 Å². The van der Waals surface area contributed by atoms with Gasteiger partial charge in [0.05, 0.1) is 17.9 Å². The fraction of sp³-hybridized carbons (Fsp3) is 0.312. The van der Waals surface area contributed by atoms with E-state index in [2.05, 4.69) is 5.32 Å². The second kappa shape index (κ2) is 12.5. The molecule has 1 aliphatic carbocycles. The highest BCUT2D eigenvalue weighted by Crippen LogP contribution is 2.30. The van der Waals surface area contributed by atoms with E-state index in [0.717, 1.165) is 55.2 Å². The average molecular weight is 524 g/mol. The summed E-state index contributed by atoms with van der Waals surface area (Å²) in [6.45, 7) is 0.00227. The zero-order valence-corrected chi connectivity index (χ0v) is 21.9. The number of benzodiazepines with no additional fused rings is 1. The van der Waals surface area contributed by atoms with Crippen LogP contribution in [0.2, 0.25) is 0 Å². The Labute approximate surface area is 228 Å². The lowest BCUT2D eigenvalue weighted by Gasteiger charge is -2.26. The van der Waals surface area contributed by atoms with Crippen molar-refractivity contribution < 1.29 is 19.1 Å². The summed E-state index contributed by atoms with van der Waals surface area (Å²) in [5, 5.41) is 2.66. The summed E-state index contributed by atoms with van der Waals surface area (Å²) in [7, 11) is 0. The number of nitrogens with one attached hydrogen (secondary N) is 1. The third-order valence-corrected chi connectivity index (χ3v) is 7.35. The van der Waals surface area contributed by atoms with E-state index in [1.165, 1.54) is 4.90 Å². The van der Waals surface area contributed by atoms with E-state index in [1.807, 2.05) is 84.9 Å². The first-order valence-corrected chi connectivity index (χ1v) is 13.6. The molecule has 1 unspecified atom stereocenters. The van der Waals surface area contributed by atoms with Gasteiger partial charge in [0.2, 0.25) is 6.17 Å². The van der Waals surface area contributed by atoms with Crippen LogP contribution in [0, 0.1) is 5.92 Å². The molecule has 1 heterocycles. The number of ketones is 1. The zero-order valence-electron chi connectivity index (χ0n) is 21.9. The molecule has 3 aromatic carbocycles. The number of hydrogen-bond acceptors (Lipinski definition) is 5. The van der Waals surface area contributed by atoms with Crippen molar-refractivity contribution in [3.63, 3.8) is 0 Å². The van der Waals surface area contributed by atoms with E-state index in [-0.39, 0.29) is 24.9 Å². The summed E-state index contributed by atoms with van der Waals surface area (Å²) in [6.07, 6.45) is 4.02. The van der Waals surface area contributed by atoms with Crippen LogP contribution in [0.15, 0.2) is 89.9 Å². The van der Waals surface area contributed by atoms with E-state index in [0.29, 0.717) is 11.4 Å². The fourth-order valence-electron chi connectivity index (χ4n) is 5.28. The van der Waals surface area contributed by atoms with Gasteiger partial charge in [0.1, 0.15) is 6.61 Å². The summed E-state index contributed by atoms with van der Waals surface area (Å²) in [5.41, 5.74) is 3.54. The van der Waals surface area contributed by atoms with Crippen molar-refractivity contribution in [2.75, 3.05) is 11.4 Å². The Hall–Kier alpha value is -4.26. The summed E-state index contributed by atoms with van der Waals surface area (Å²) >= 11 is 0. The SMILES string of the molecule is O=C(NC1N=C(c2ccccc2)c2ccccc2N(CC(=O)C2CCCCCC2)C1=O)OCc1ccccc1. The van der Waals surface area contributed by atoms with Gasteiger partial charge in [-0.05, 0) is 24.5 Å². The number of para-hydroxylation sites is 1. The minimum Gasteiger partial charge on any atom is -0.445 e. The number of carbonyl (C=O) groups excluding carboxylic acids is 3. The third-order valence-electron chi connectivity index (χ3n) is 7.35. The van der Waals surface area contributed by atoms with Crippen molar-refractivity contribution in [1.82, 2.24) is 5.32 Å². The number of alkyl carbamates (subject to hydrolysis) is 1. The molecule has 0 spiro atoms. The molecule has 0 bridgehead atoms. The largest absolute Gasteiger partial charge is 0.445 e. The number of carbonyl (C=O) groups is 3. The molecule has 0 radical (unpaired) electrons. The highest BCUT2D eigenvalue weighted by molar-refractivity contribution is 6.21. The maximum Gasteiger partial charge on any atom is 0.409 e. The Morgan fingerprint density at radius 3 is 2.21 bits per heavy atom. The maximum absolute atomic E-state index is 14.0. The minimum absolute atomic E-state index is 0.0496. The van der Waals surface area contributed by atoms with Crippen LogP contribution in [-0.2, 0) is 20.9 Å². The molecule has 2 amide bonds. The maximum atomic E-state index is 14.0. The lowest BCUT2D eigenvalue weighted by molar-refractivity contribution is -0.125. The number of amides is 2. The van der Waals surface area contributed by atoms with E-state index in [1.54, 1.807) is 0 Å². The number of nitrogens with zero attached hydrogens (tertiary/aromatic N) is 2. The van der Waals surface area contributed by atoms with Gasteiger partial charge in [0.15, 0.2) is 5.78 Å². The lowest BCUT2D eigenvalue weighted by Crippen LogP contribution is -2.49. The van der Waals surface area contributed by atoms with Crippen LogP contribution in [0.25, 0.3) is 0 Å². The summed E-state index contributed by atoms with van der Waals surface area (Å²) < 4.78 is 5.41. The second-order valence-corrected chi connectivity index (χ2v) is 10.0. The molecule has 3 aromatic rings. The molecule has 1 atom stereocenters. The monoisotopic (exact) mass is 523 g/mol. The second-order valence-electron chi connectivity index (χ2n) is 10.0. The van der Waals surface area contributed by atoms with E-state index in [9.17, 15) is 14.4 Å². The van der Waals surface area contributed by atoms with Gasteiger partial charge < -0.3 is 9.64 Å². The molecule has 7 heteroatoms. The van der Waals surface area contributed by atoms with Gasteiger partial charge in [0, 0.05) is 17.0 Å². The number of benzene rings is 3. The Balaban J connectivity index is 1.46. The van der Waals surface area contributed by atoms with Crippen LogP contribution in [0.1, 0.15) is 55.2 Å². The third kappa shape index (κ3) is 6.42. The van der Waals surface area contributed by atoms with Gasteiger partial charge in [-0.25, -0.2) is 9.79 Å². The van der Waals surface area contributed by atoms with Crippen molar-refractivity contribution in [1.29, 1.82) is 0 Å². The van der Waals surface area contributed by atoms with Crippen molar-refractivity contribution in [3.8, 4) is 0 Å². The molecule has 1 saturated carbocycles. The van der Waals surface area contributed by atoms with Crippen LogP contribution < -0.4 is 10.2 Å². The van der Waals surface area contributed by atoms with E-state index in [4.69, 9.17) is 9.73 Å². The molecule has 2 aliphatic rings. The van der Waals surface area contributed by atoms with Gasteiger partial charge in [-0.2, -0.15) is 0 Å². The summed E-state index contributed by atoms with van der Waals surface area (Å²) in [6, 6.07) is 26.3. The topological polar surface area (TPSA) is 88.1 Å². The van der Waals surface area contributed by atoms with Gasteiger partial charge >= 0.3 is 6.09 Å². The summed E-state index contributed by atoms with van der Waals surface area (Å²) in [5.74, 6) is -0.479. The average Bonchev–Trinajstić information content (AvgIpc) is 3.32. The Morgan fingerprint density at radius 2 is 1.49 bits per heavy atom. The highest BCUT2D eigenvalue weighted by Gasteiger charge is 2.35. The molecule has 1 N–H and O–H groups in total. The number of aliphatic imine (C=N–C) groups is 1. The normalized spacial score (nSPS) is 17.8. The van der Waals surface area contributed by atoms with Crippen LogP contribution >= 0.6 is 0 Å². The highest BCUT2D eigenvalue weighted by atomic mass is 16.5. The smallest absolute Gasteiger partial charge is 0.409 e. The number of ether oxygens (including phenoxy) is 1. The molecule has 0 aromatic heterocycles. The quantitative estimate of drug-likeness (QED) is 0.405. The molecular weight excluding hydrogens is 490 g/mol. The molecule has 200 valence electrons. The molecule has 1 aliphatic heterocycles. The molecule has 0 saturated heterocycles. The first kappa shape index (κ1) is 26.4. The van der Waals surface area contributed by atoms with Crippen molar-refractivity contribution in [3.05, 3.63) is 102 Å². The molecule has 5 rings (SSSR count). The number of anilines is 1. The van der Waals surface area contributed by atoms with E-state index >= 15 is 0 Å². The molecule has 7 nitrogen and oxygen atoms in total. The van der Waals surface area contributed by atoms with E-state index < -0.39 is 18.2 Å². The number of Topliss-reactive ketones (excluding diaryl/α,β-unsaturated/α-hetero) is 1. The molecule has 39 heavy (non-hydrogen) atoms.